The molecule has 3 atom stereocenters. The fraction of sp³-hybridized carbons (Fsp3) is 0.562. The third-order valence-electron chi connectivity index (χ3n) is 3.92. The van der Waals surface area contributed by atoms with Crippen LogP contribution >= 0.6 is 0 Å². The van der Waals surface area contributed by atoms with Gasteiger partial charge < -0.3 is 15.8 Å². The number of hydrogen-bond acceptors (Lipinski definition) is 3. The molecule has 1 heterocycles. The van der Waals surface area contributed by atoms with E-state index in [1.165, 1.54) is 0 Å². The van der Waals surface area contributed by atoms with Gasteiger partial charge in [-0.2, -0.15) is 0 Å². The monoisotopic (exact) mass is 276 g/mol. The molecule has 1 amide bonds. The van der Waals surface area contributed by atoms with Gasteiger partial charge >= 0.3 is 0 Å². The number of benzene rings is 1. The summed E-state index contributed by atoms with van der Waals surface area (Å²) in [6.45, 7) is 3.58. The zero-order valence-electron chi connectivity index (χ0n) is 12.0. The summed E-state index contributed by atoms with van der Waals surface area (Å²) in [4.78, 5) is 12.0. The van der Waals surface area contributed by atoms with Gasteiger partial charge in [0.1, 0.15) is 0 Å². The van der Waals surface area contributed by atoms with E-state index in [0.717, 1.165) is 25.0 Å². The number of rotatable bonds is 6. The van der Waals surface area contributed by atoms with Crippen LogP contribution in [0.2, 0.25) is 0 Å². The molecule has 0 radical (unpaired) electrons. The molecular formula is C16H24N2O2. The van der Waals surface area contributed by atoms with Crippen LogP contribution in [0, 0.1) is 5.92 Å². The molecular weight excluding hydrogens is 252 g/mol. The van der Waals surface area contributed by atoms with Crippen molar-refractivity contribution < 1.29 is 9.53 Å². The van der Waals surface area contributed by atoms with Gasteiger partial charge in [-0.05, 0) is 24.8 Å². The lowest BCUT2D eigenvalue weighted by atomic mass is 9.99. The maximum absolute atomic E-state index is 12.0. The average Bonchev–Trinajstić information content (AvgIpc) is 2.93. The van der Waals surface area contributed by atoms with Gasteiger partial charge in [0.2, 0.25) is 5.91 Å². The molecule has 110 valence electrons. The van der Waals surface area contributed by atoms with Gasteiger partial charge in [0, 0.05) is 19.1 Å². The van der Waals surface area contributed by atoms with E-state index in [1.807, 2.05) is 30.3 Å². The van der Waals surface area contributed by atoms with Gasteiger partial charge in [-0.3, -0.25) is 4.79 Å². The normalized spacial score (nSPS) is 23.5. The van der Waals surface area contributed by atoms with Crippen LogP contribution in [0.4, 0.5) is 0 Å². The van der Waals surface area contributed by atoms with E-state index in [0.29, 0.717) is 18.9 Å². The van der Waals surface area contributed by atoms with E-state index < -0.39 is 6.04 Å². The smallest absolute Gasteiger partial charge is 0.237 e. The van der Waals surface area contributed by atoms with Crippen LogP contribution in [0.1, 0.15) is 25.3 Å². The summed E-state index contributed by atoms with van der Waals surface area (Å²) in [5.41, 5.74) is 7.05. The van der Waals surface area contributed by atoms with Crippen LogP contribution in [0.15, 0.2) is 30.3 Å². The Morgan fingerprint density at radius 1 is 1.45 bits per heavy atom. The minimum absolute atomic E-state index is 0.0735. The first-order chi connectivity index (χ1) is 9.70. The average molecular weight is 276 g/mol. The van der Waals surface area contributed by atoms with Crippen LogP contribution in [-0.4, -0.2) is 31.2 Å². The zero-order valence-corrected chi connectivity index (χ0v) is 12.0. The molecule has 2 rings (SSSR count). The van der Waals surface area contributed by atoms with E-state index in [4.69, 9.17) is 10.5 Å². The molecule has 0 saturated carbocycles. The number of nitrogens with one attached hydrogen (secondary N) is 1. The quantitative estimate of drug-likeness (QED) is 0.827. The molecule has 0 bridgehead atoms. The van der Waals surface area contributed by atoms with Gasteiger partial charge in [-0.1, -0.05) is 37.3 Å². The van der Waals surface area contributed by atoms with Crippen molar-refractivity contribution in [2.75, 3.05) is 13.2 Å². The first-order valence-electron chi connectivity index (χ1n) is 7.39. The summed E-state index contributed by atoms with van der Waals surface area (Å²) in [7, 11) is 0. The van der Waals surface area contributed by atoms with Crippen molar-refractivity contribution in [3.8, 4) is 0 Å². The van der Waals surface area contributed by atoms with E-state index in [2.05, 4.69) is 12.2 Å². The molecule has 1 fully saturated rings. The SMILES string of the molecule is CCC1OCCC1CNC(=O)[C@H](N)Cc1ccccc1. The minimum Gasteiger partial charge on any atom is -0.378 e. The van der Waals surface area contributed by atoms with E-state index >= 15 is 0 Å². The van der Waals surface area contributed by atoms with Gasteiger partial charge in [-0.25, -0.2) is 0 Å². The maximum atomic E-state index is 12.0. The van der Waals surface area contributed by atoms with Crippen LogP contribution in [0.5, 0.6) is 0 Å². The summed E-state index contributed by atoms with van der Waals surface area (Å²) >= 11 is 0. The number of carbonyl (C=O) groups excluding carboxylic acids is 1. The maximum Gasteiger partial charge on any atom is 0.237 e. The second kappa shape index (κ2) is 7.41. The Bertz CT molecular complexity index is 422. The standard InChI is InChI=1S/C16H24N2O2/c1-2-15-13(8-9-20-15)11-18-16(19)14(17)10-12-6-4-3-5-7-12/h3-7,13-15H,2,8-11,17H2,1H3,(H,18,19)/t13?,14-,15?/m1/s1. The molecule has 1 saturated heterocycles. The number of amides is 1. The van der Waals surface area contributed by atoms with Crippen LogP contribution in [0.3, 0.4) is 0 Å². The molecule has 1 aliphatic rings. The fourth-order valence-corrected chi connectivity index (χ4v) is 2.70. The van der Waals surface area contributed by atoms with E-state index in [-0.39, 0.29) is 12.0 Å². The third kappa shape index (κ3) is 4.05. The lowest BCUT2D eigenvalue weighted by Crippen LogP contribution is -2.44. The predicted molar refractivity (Wildman–Crippen MR) is 79.3 cm³/mol. The first kappa shape index (κ1) is 15.0. The molecule has 2 unspecified atom stereocenters. The molecule has 0 aliphatic carbocycles. The van der Waals surface area contributed by atoms with Crippen molar-refractivity contribution in [2.24, 2.45) is 11.7 Å². The Morgan fingerprint density at radius 2 is 2.20 bits per heavy atom. The number of nitrogens with two attached hydrogens (primary N) is 1. The number of hydrogen-bond donors (Lipinski definition) is 2. The van der Waals surface area contributed by atoms with Crippen LogP contribution in [-0.2, 0) is 16.0 Å². The summed E-state index contributed by atoms with van der Waals surface area (Å²) in [6.07, 6.45) is 2.87. The Balaban J connectivity index is 1.77. The highest BCUT2D eigenvalue weighted by atomic mass is 16.5. The predicted octanol–water partition coefficient (Wildman–Crippen LogP) is 1.49. The topological polar surface area (TPSA) is 64.3 Å². The van der Waals surface area contributed by atoms with Gasteiger partial charge in [0.25, 0.3) is 0 Å². The number of carbonyl (C=O) groups is 1. The largest absolute Gasteiger partial charge is 0.378 e. The number of ether oxygens (including phenoxy) is 1. The summed E-state index contributed by atoms with van der Waals surface area (Å²) in [6, 6.07) is 9.37. The van der Waals surface area contributed by atoms with Crippen LogP contribution < -0.4 is 11.1 Å². The minimum atomic E-state index is -0.486. The molecule has 4 nitrogen and oxygen atoms in total. The highest BCUT2D eigenvalue weighted by Crippen LogP contribution is 2.22. The Hall–Kier alpha value is -1.39. The highest BCUT2D eigenvalue weighted by molar-refractivity contribution is 5.81. The third-order valence-corrected chi connectivity index (χ3v) is 3.92. The lowest BCUT2D eigenvalue weighted by Gasteiger charge is -2.19. The Morgan fingerprint density at radius 3 is 2.90 bits per heavy atom. The van der Waals surface area contributed by atoms with Crippen molar-refractivity contribution in [1.29, 1.82) is 0 Å². The van der Waals surface area contributed by atoms with Crippen molar-refractivity contribution in [3.63, 3.8) is 0 Å². The highest BCUT2D eigenvalue weighted by Gasteiger charge is 2.27. The second-order valence-electron chi connectivity index (χ2n) is 5.41. The van der Waals surface area contributed by atoms with E-state index in [1.54, 1.807) is 0 Å². The first-order valence-corrected chi connectivity index (χ1v) is 7.39. The molecule has 1 aliphatic heterocycles. The van der Waals surface area contributed by atoms with E-state index in [9.17, 15) is 4.79 Å². The van der Waals surface area contributed by atoms with Gasteiger partial charge in [0.05, 0.1) is 12.1 Å². The Labute approximate surface area is 120 Å². The molecule has 0 aromatic heterocycles. The van der Waals surface area contributed by atoms with Gasteiger partial charge in [-0.15, -0.1) is 0 Å². The fourth-order valence-electron chi connectivity index (χ4n) is 2.70. The molecule has 0 spiro atoms. The van der Waals surface area contributed by atoms with Crippen molar-refractivity contribution in [2.45, 2.75) is 38.3 Å². The molecule has 4 heteroatoms. The zero-order chi connectivity index (χ0) is 14.4. The van der Waals surface area contributed by atoms with Crippen molar-refractivity contribution >= 4 is 5.91 Å². The molecule has 1 aromatic carbocycles. The molecule has 1 aromatic rings. The van der Waals surface area contributed by atoms with Crippen molar-refractivity contribution in [1.82, 2.24) is 5.32 Å². The lowest BCUT2D eigenvalue weighted by molar-refractivity contribution is -0.122. The summed E-state index contributed by atoms with van der Waals surface area (Å²) < 4.78 is 5.62. The molecule has 20 heavy (non-hydrogen) atoms. The molecule has 3 N–H and O–H groups in total. The van der Waals surface area contributed by atoms with Crippen molar-refractivity contribution in [3.05, 3.63) is 35.9 Å². The summed E-state index contributed by atoms with van der Waals surface area (Å²) in [5, 5.41) is 2.96. The Kier molecular flexibility index (Phi) is 5.56. The second-order valence-corrected chi connectivity index (χ2v) is 5.41. The van der Waals surface area contributed by atoms with Gasteiger partial charge in [0.15, 0.2) is 0 Å². The van der Waals surface area contributed by atoms with Crippen LogP contribution in [0.25, 0.3) is 0 Å². The summed E-state index contributed by atoms with van der Waals surface area (Å²) in [5.74, 6) is 0.350.